The number of esters is 1. The van der Waals surface area contributed by atoms with E-state index in [1.807, 2.05) is 25.1 Å². The van der Waals surface area contributed by atoms with Crippen LogP contribution in [0.3, 0.4) is 0 Å². The third-order valence-corrected chi connectivity index (χ3v) is 3.54. The highest BCUT2D eigenvalue weighted by Gasteiger charge is 2.28. The van der Waals surface area contributed by atoms with Gasteiger partial charge in [0.05, 0.1) is 24.1 Å². The van der Waals surface area contributed by atoms with Gasteiger partial charge in [0.15, 0.2) is 0 Å². The minimum absolute atomic E-state index is 0.329. The molecular weight excluding hydrogens is 270 g/mol. The topological polar surface area (TPSA) is 68.7 Å². The van der Waals surface area contributed by atoms with Crippen LogP contribution in [0.2, 0.25) is 0 Å². The van der Waals surface area contributed by atoms with E-state index in [0.717, 1.165) is 11.1 Å². The van der Waals surface area contributed by atoms with Crippen LogP contribution in [-0.4, -0.2) is 23.2 Å². The molecule has 0 radical (unpaired) electrons. The van der Waals surface area contributed by atoms with Gasteiger partial charge in [-0.2, -0.15) is 0 Å². The van der Waals surface area contributed by atoms with E-state index in [0.29, 0.717) is 28.3 Å². The summed E-state index contributed by atoms with van der Waals surface area (Å²) >= 11 is 0. The van der Waals surface area contributed by atoms with Crippen LogP contribution < -0.4 is 4.74 Å². The fraction of sp³-hybridized carbons (Fsp3) is 0.250. The molecule has 21 heavy (non-hydrogen) atoms. The minimum Gasteiger partial charge on any atom is -0.465 e. The number of aryl methyl sites for hydroxylation is 2. The van der Waals surface area contributed by atoms with Crippen molar-refractivity contribution in [1.82, 2.24) is 4.98 Å². The van der Waals surface area contributed by atoms with Crippen LogP contribution in [0.1, 0.15) is 33.5 Å². The van der Waals surface area contributed by atoms with E-state index in [1.54, 1.807) is 13.0 Å². The zero-order chi connectivity index (χ0) is 15.1. The second-order valence-corrected chi connectivity index (χ2v) is 5.02. The summed E-state index contributed by atoms with van der Waals surface area (Å²) in [5.41, 5.74) is 3.87. The van der Waals surface area contributed by atoms with Crippen molar-refractivity contribution < 1.29 is 19.4 Å². The lowest BCUT2D eigenvalue weighted by Gasteiger charge is -2.25. The third-order valence-electron chi connectivity index (χ3n) is 3.54. The van der Waals surface area contributed by atoms with Gasteiger partial charge in [-0.15, -0.1) is 0 Å². The van der Waals surface area contributed by atoms with Gasteiger partial charge in [0.25, 0.3) is 0 Å². The maximum absolute atomic E-state index is 11.7. The van der Waals surface area contributed by atoms with Crippen molar-refractivity contribution in [3.05, 3.63) is 46.6 Å². The molecular formula is C16H15NO4. The number of nitrogens with zero attached hydrogens (tertiary/aromatic N) is 1. The molecule has 0 bridgehead atoms. The molecule has 0 fully saturated rings. The van der Waals surface area contributed by atoms with Crippen molar-refractivity contribution in [2.24, 2.45) is 0 Å². The average molecular weight is 285 g/mol. The van der Waals surface area contributed by atoms with Crippen molar-refractivity contribution >= 4 is 5.97 Å². The summed E-state index contributed by atoms with van der Waals surface area (Å²) in [5, 5.41) is 10.1. The molecule has 5 nitrogen and oxygen atoms in total. The predicted octanol–water partition coefficient (Wildman–Crippen LogP) is 2.54. The number of aliphatic hydroxyl groups excluding tert-OH is 1. The molecule has 0 amide bonds. The molecule has 0 aliphatic carbocycles. The van der Waals surface area contributed by atoms with Crippen LogP contribution in [0.4, 0.5) is 0 Å². The number of rotatable bonds is 1. The molecule has 1 N–H and O–H groups in total. The van der Waals surface area contributed by atoms with Crippen LogP contribution in [0.25, 0.3) is 11.3 Å². The van der Waals surface area contributed by atoms with Crippen LogP contribution in [0.15, 0.2) is 24.3 Å². The van der Waals surface area contributed by atoms with E-state index in [-0.39, 0.29) is 0 Å². The molecule has 1 aliphatic rings. The second kappa shape index (κ2) is 4.86. The lowest BCUT2D eigenvalue weighted by molar-refractivity contribution is -0.0217. The Hall–Kier alpha value is -2.40. The molecule has 1 aliphatic heterocycles. The fourth-order valence-electron chi connectivity index (χ4n) is 2.46. The van der Waals surface area contributed by atoms with E-state index in [4.69, 9.17) is 9.47 Å². The second-order valence-electron chi connectivity index (χ2n) is 5.02. The zero-order valence-corrected chi connectivity index (χ0v) is 12.0. The molecule has 0 spiro atoms. The third kappa shape index (κ3) is 2.15. The summed E-state index contributed by atoms with van der Waals surface area (Å²) in [6.45, 7) is 3.71. The molecule has 0 saturated carbocycles. The quantitative estimate of drug-likeness (QED) is 0.815. The first kappa shape index (κ1) is 13.6. The summed E-state index contributed by atoms with van der Waals surface area (Å²) in [6, 6.07) is 7.25. The van der Waals surface area contributed by atoms with Gasteiger partial charge in [-0.1, -0.05) is 11.6 Å². The Labute approximate surface area is 122 Å². The SMILES string of the molecule is COC(=O)c1cc2c(nc1C)-c1cc(C)ccc1OC2O. The Morgan fingerprint density at radius 1 is 1.33 bits per heavy atom. The molecule has 1 unspecified atom stereocenters. The molecule has 0 saturated heterocycles. The molecule has 108 valence electrons. The summed E-state index contributed by atoms with van der Waals surface area (Å²) in [5.74, 6) is 0.100. The first-order valence-electron chi connectivity index (χ1n) is 6.57. The van der Waals surface area contributed by atoms with Crippen LogP contribution in [-0.2, 0) is 4.74 Å². The van der Waals surface area contributed by atoms with Crippen molar-refractivity contribution in [2.75, 3.05) is 7.11 Å². The van der Waals surface area contributed by atoms with E-state index < -0.39 is 12.3 Å². The summed E-state index contributed by atoms with van der Waals surface area (Å²) in [6.07, 6.45) is -1.15. The Kier molecular flexibility index (Phi) is 3.14. The number of aromatic nitrogens is 1. The lowest BCUT2D eigenvalue weighted by Crippen LogP contribution is -2.17. The zero-order valence-electron chi connectivity index (χ0n) is 12.0. The van der Waals surface area contributed by atoms with Crippen LogP contribution >= 0.6 is 0 Å². The number of carbonyl (C=O) groups excluding carboxylic acids is 1. The number of benzene rings is 1. The standard InChI is InChI=1S/C16H15NO4/c1-8-4-5-13-11(6-8)14-12(16(19)21-13)7-10(9(2)17-14)15(18)20-3/h4-7,16,19H,1-3H3. The molecule has 5 heteroatoms. The van der Waals surface area contributed by atoms with Gasteiger partial charge >= 0.3 is 5.97 Å². The number of pyridine rings is 1. The number of methoxy groups -OCH3 is 1. The summed E-state index contributed by atoms with van der Waals surface area (Å²) < 4.78 is 10.2. The van der Waals surface area contributed by atoms with Gasteiger partial charge in [0.1, 0.15) is 5.75 Å². The van der Waals surface area contributed by atoms with E-state index in [9.17, 15) is 9.90 Å². The molecule has 1 aromatic heterocycles. The molecule has 1 atom stereocenters. The van der Waals surface area contributed by atoms with Crippen molar-refractivity contribution in [1.29, 1.82) is 0 Å². The minimum atomic E-state index is -1.15. The average Bonchev–Trinajstić information content (AvgIpc) is 2.47. The van der Waals surface area contributed by atoms with Gasteiger partial charge in [-0.3, -0.25) is 4.98 Å². The first-order chi connectivity index (χ1) is 10.0. The number of ether oxygens (including phenoxy) is 2. The number of fused-ring (bicyclic) bond motifs is 3. The Morgan fingerprint density at radius 3 is 2.81 bits per heavy atom. The number of aliphatic hydroxyl groups is 1. The van der Waals surface area contributed by atoms with Crippen molar-refractivity contribution in [2.45, 2.75) is 20.1 Å². The van der Waals surface area contributed by atoms with Crippen molar-refractivity contribution in [3.8, 4) is 17.0 Å². The summed E-state index contributed by atoms with van der Waals surface area (Å²) in [4.78, 5) is 16.2. The van der Waals surface area contributed by atoms with Crippen LogP contribution in [0.5, 0.6) is 5.75 Å². The number of hydrogen-bond donors (Lipinski definition) is 1. The normalized spacial score (nSPS) is 15.7. The Balaban J connectivity index is 2.24. The maximum atomic E-state index is 11.7. The van der Waals surface area contributed by atoms with E-state index in [1.165, 1.54) is 7.11 Å². The highest BCUT2D eigenvalue weighted by Crippen LogP contribution is 2.41. The van der Waals surface area contributed by atoms with Gasteiger partial charge in [-0.05, 0) is 32.0 Å². The smallest absolute Gasteiger partial charge is 0.339 e. The highest BCUT2D eigenvalue weighted by molar-refractivity contribution is 5.91. The molecule has 2 aromatic rings. The van der Waals surface area contributed by atoms with Gasteiger partial charge < -0.3 is 14.6 Å². The maximum Gasteiger partial charge on any atom is 0.339 e. The van der Waals surface area contributed by atoms with Gasteiger partial charge in [0.2, 0.25) is 6.29 Å². The van der Waals surface area contributed by atoms with Crippen LogP contribution in [0, 0.1) is 13.8 Å². The number of hydrogen-bond acceptors (Lipinski definition) is 5. The van der Waals surface area contributed by atoms with E-state index >= 15 is 0 Å². The highest BCUT2D eigenvalue weighted by atomic mass is 16.6. The molecule has 1 aromatic carbocycles. The number of carbonyl (C=O) groups is 1. The van der Waals surface area contributed by atoms with E-state index in [2.05, 4.69) is 4.98 Å². The Morgan fingerprint density at radius 2 is 2.10 bits per heavy atom. The summed E-state index contributed by atoms with van der Waals surface area (Å²) in [7, 11) is 1.31. The fourth-order valence-corrected chi connectivity index (χ4v) is 2.46. The Bertz CT molecular complexity index is 739. The monoisotopic (exact) mass is 285 g/mol. The first-order valence-corrected chi connectivity index (χ1v) is 6.57. The molecule has 2 heterocycles. The van der Waals surface area contributed by atoms with Gasteiger partial charge in [-0.25, -0.2) is 4.79 Å². The predicted molar refractivity (Wildman–Crippen MR) is 76.1 cm³/mol. The van der Waals surface area contributed by atoms with Crippen molar-refractivity contribution in [3.63, 3.8) is 0 Å². The lowest BCUT2D eigenvalue weighted by atomic mass is 9.97. The van der Waals surface area contributed by atoms with Gasteiger partial charge in [0, 0.05) is 11.1 Å². The molecule has 3 rings (SSSR count). The largest absolute Gasteiger partial charge is 0.465 e.